The zero-order valence-corrected chi connectivity index (χ0v) is 18.7. The quantitative estimate of drug-likeness (QED) is 0.428. The molecule has 7 heteroatoms. The monoisotopic (exact) mass is 451 g/mol. The molecule has 1 aliphatic heterocycles. The van der Waals surface area contributed by atoms with E-state index in [1.807, 2.05) is 47.6 Å². The highest BCUT2D eigenvalue weighted by molar-refractivity contribution is 6.04. The van der Waals surface area contributed by atoms with E-state index in [1.54, 1.807) is 18.3 Å². The molecule has 1 saturated heterocycles. The number of benzene rings is 1. The summed E-state index contributed by atoms with van der Waals surface area (Å²) in [6.45, 7) is 5.04. The van der Waals surface area contributed by atoms with E-state index in [0.29, 0.717) is 17.3 Å². The maximum absolute atomic E-state index is 12.6. The van der Waals surface area contributed by atoms with Crippen molar-refractivity contribution in [2.45, 2.75) is 18.8 Å². The number of hydrogen-bond acceptors (Lipinski definition) is 4. The second kappa shape index (κ2) is 9.31. The number of aromatic nitrogens is 3. The summed E-state index contributed by atoms with van der Waals surface area (Å²) in [5, 5.41) is 3.91. The van der Waals surface area contributed by atoms with Gasteiger partial charge in [0.05, 0.1) is 0 Å². The molecule has 0 saturated carbocycles. The lowest BCUT2D eigenvalue weighted by Gasteiger charge is -2.32. The highest BCUT2D eigenvalue weighted by Crippen LogP contribution is 2.37. The second-order valence-electron chi connectivity index (χ2n) is 8.38. The first-order valence-electron chi connectivity index (χ1n) is 11.3. The van der Waals surface area contributed by atoms with Crippen LogP contribution < -0.4 is 5.32 Å². The number of carbonyl (C=O) groups excluding carboxylic acids is 2. The van der Waals surface area contributed by atoms with Gasteiger partial charge >= 0.3 is 0 Å². The molecule has 170 valence electrons. The molecule has 4 heterocycles. The third kappa shape index (κ3) is 4.20. The summed E-state index contributed by atoms with van der Waals surface area (Å²) in [6, 6.07) is 15.0. The fourth-order valence-corrected chi connectivity index (χ4v) is 4.62. The maximum Gasteiger partial charge on any atom is 0.256 e. The third-order valence-electron chi connectivity index (χ3n) is 6.39. The molecule has 7 nitrogen and oxygen atoms in total. The van der Waals surface area contributed by atoms with Crippen LogP contribution in [0.2, 0.25) is 0 Å². The van der Waals surface area contributed by atoms with Crippen LogP contribution in [0.15, 0.2) is 79.8 Å². The molecular formula is C27H25N5O2. The van der Waals surface area contributed by atoms with Crippen molar-refractivity contribution in [2.75, 3.05) is 18.4 Å². The largest absolute Gasteiger partial charge is 0.346 e. The van der Waals surface area contributed by atoms with Gasteiger partial charge in [-0.15, -0.1) is 0 Å². The van der Waals surface area contributed by atoms with Crippen LogP contribution in [-0.2, 0) is 4.79 Å². The zero-order valence-electron chi connectivity index (χ0n) is 18.7. The molecule has 4 aromatic rings. The Morgan fingerprint density at radius 1 is 1.03 bits per heavy atom. The number of carbonyl (C=O) groups is 2. The predicted octanol–water partition coefficient (Wildman–Crippen LogP) is 4.77. The Morgan fingerprint density at radius 3 is 2.53 bits per heavy atom. The van der Waals surface area contributed by atoms with Gasteiger partial charge < -0.3 is 15.2 Å². The van der Waals surface area contributed by atoms with Gasteiger partial charge in [-0.05, 0) is 66.3 Å². The summed E-state index contributed by atoms with van der Waals surface area (Å²) >= 11 is 0. The van der Waals surface area contributed by atoms with Crippen LogP contribution in [-0.4, -0.2) is 44.8 Å². The SMILES string of the molecule is C=CC(=O)N1CCC(c2ccnc3[nH]cc(-c4ccc(C(=O)Nc5ccccn5)cc4)c23)CC1. The first kappa shape index (κ1) is 21.6. The Morgan fingerprint density at radius 2 is 1.82 bits per heavy atom. The number of H-pyrrole nitrogens is 1. The van der Waals surface area contributed by atoms with Crippen molar-refractivity contribution in [3.63, 3.8) is 0 Å². The van der Waals surface area contributed by atoms with E-state index in [0.717, 1.165) is 48.1 Å². The highest BCUT2D eigenvalue weighted by atomic mass is 16.2. The van der Waals surface area contributed by atoms with E-state index < -0.39 is 0 Å². The Bertz CT molecular complexity index is 1340. The average Bonchev–Trinajstić information content (AvgIpc) is 3.33. The van der Waals surface area contributed by atoms with Crippen molar-refractivity contribution in [1.82, 2.24) is 19.9 Å². The van der Waals surface area contributed by atoms with E-state index in [4.69, 9.17) is 0 Å². The van der Waals surface area contributed by atoms with Crippen LogP contribution in [0.4, 0.5) is 5.82 Å². The average molecular weight is 452 g/mol. The van der Waals surface area contributed by atoms with Crippen LogP contribution in [0, 0.1) is 0 Å². The number of hydrogen-bond donors (Lipinski definition) is 2. The molecule has 0 radical (unpaired) electrons. The minimum atomic E-state index is -0.202. The van der Waals surface area contributed by atoms with Gasteiger partial charge in [0.1, 0.15) is 11.5 Å². The topological polar surface area (TPSA) is 91.0 Å². The van der Waals surface area contributed by atoms with Gasteiger partial charge in [-0.1, -0.05) is 24.8 Å². The van der Waals surface area contributed by atoms with Gasteiger partial charge in [0, 0.05) is 48.2 Å². The number of nitrogens with one attached hydrogen (secondary N) is 2. The zero-order chi connectivity index (χ0) is 23.5. The summed E-state index contributed by atoms with van der Waals surface area (Å²) in [6.07, 6.45) is 8.63. The lowest BCUT2D eigenvalue weighted by molar-refractivity contribution is -0.127. The smallest absolute Gasteiger partial charge is 0.256 e. The number of anilines is 1. The molecule has 34 heavy (non-hydrogen) atoms. The molecule has 5 rings (SSSR count). The van der Waals surface area contributed by atoms with Crippen LogP contribution in [0.1, 0.15) is 34.7 Å². The fraction of sp³-hybridized carbons (Fsp3) is 0.185. The van der Waals surface area contributed by atoms with Crippen molar-refractivity contribution < 1.29 is 9.59 Å². The second-order valence-corrected chi connectivity index (χ2v) is 8.38. The first-order chi connectivity index (χ1) is 16.6. The Labute approximate surface area is 197 Å². The molecule has 0 aliphatic carbocycles. The molecule has 0 spiro atoms. The van der Waals surface area contributed by atoms with Crippen molar-refractivity contribution in [3.8, 4) is 11.1 Å². The van der Waals surface area contributed by atoms with Gasteiger partial charge in [-0.2, -0.15) is 0 Å². The van der Waals surface area contributed by atoms with Crippen LogP contribution in [0.3, 0.4) is 0 Å². The summed E-state index contributed by atoms with van der Waals surface area (Å²) in [7, 11) is 0. The van der Waals surface area contributed by atoms with Crippen molar-refractivity contribution in [3.05, 3.63) is 90.9 Å². The number of aromatic amines is 1. The molecule has 0 atom stereocenters. The van der Waals surface area contributed by atoms with E-state index >= 15 is 0 Å². The predicted molar refractivity (Wildman–Crippen MR) is 132 cm³/mol. The maximum atomic E-state index is 12.6. The van der Waals surface area contributed by atoms with Gasteiger partial charge in [0.25, 0.3) is 5.91 Å². The molecular weight excluding hydrogens is 426 g/mol. The number of likely N-dealkylation sites (tertiary alicyclic amines) is 1. The number of fused-ring (bicyclic) bond motifs is 1. The highest BCUT2D eigenvalue weighted by Gasteiger charge is 2.25. The first-order valence-corrected chi connectivity index (χ1v) is 11.3. The Balaban J connectivity index is 1.40. The number of rotatable bonds is 5. The number of piperidine rings is 1. The van der Waals surface area contributed by atoms with E-state index in [1.165, 1.54) is 11.6 Å². The lowest BCUT2D eigenvalue weighted by Crippen LogP contribution is -2.36. The summed E-state index contributed by atoms with van der Waals surface area (Å²) < 4.78 is 0. The molecule has 1 aliphatic rings. The lowest BCUT2D eigenvalue weighted by atomic mass is 9.86. The summed E-state index contributed by atoms with van der Waals surface area (Å²) in [5.41, 5.74) is 4.71. The van der Waals surface area contributed by atoms with E-state index in [9.17, 15) is 9.59 Å². The van der Waals surface area contributed by atoms with Crippen LogP contribution in [0.25, 0.3) is 22.2 Å². The Kier molecular flexibility index (Phi) is 5.91. The normalized spacial score (nSPS) is 14.2. The van der Waals surface area contributed by atoms with Gasteiger partial charge in [-0.3, -0.25) is 9.59 Å². The number of nitrogens with zero attached hydrogens (tertiary/aromatic N) is 3. The van der Waals surface area contributed by atoms with Crippen molar-refractivity contribution in [2.24, 2.45) is 0 Å². The van der Waals surface area contributed by atoms with Crippen LogP contribution >= 0.6 is 0 Å². The summed E-state index contributed by atoms with van der Waals surface area (Å²) in [4.78, 5) is 38.4. The van der Waals surface area contributed by atoms with Crippen LogP contribution in [0.5, 0.6) is 0 Å². The minimum Gasteiger partial charge on any atom is -0.346 e. The van der Waals surface area contributed by atoms with Crippen molar-refractivity contribution in [1.29, 1.82) is 0 Å². The fourth-order valence-electron chi connectivity index (χ4n) is 4.62. The van der Waals surface area contributed by atoms with Gasteiger partial charge in [-0.25, -0.2) is 9.97 Å². The molecule has 2 N–H and O–H groups in total. The van der Waals surface area contributed by atoms with E-state index in [2.05, 4.69) is 32.9 Å². The van der Waals surface area contributed by atoms with Crippen molar-refractivity contribution >= 4 is 28.7 Å². The molecule has 2 amide bonds. The van der Waals surface area contributed by atoms with Gasteiger partial charge in [0.15, 0.2) is 0 Å². The molecule has 3 aromatic heterocycles. The Hall–Kier alpha value is -4.26. The molecule has 0 bridgehead atoms. The summed E-state index contributed by atoms with van der Waals surface area (Å²) in [5.74, 6) is 0.655. The molecule has 1 fully saturated rings. The molecule has 0 unspecified atom stereocenters. The van der Waals surface area contributed by atoms with E-state index in [-0.39, 0.29) is 11.8 Å². The minimum absolute atomic E-state index is 0.00664. The standard InChI is InChI=1S/C27H25N5O2/c1-2-24(33)32-15-11-19(12-16-32)21-10-14-29-26-25(21)22(17-30-26)18-6-8-20(9-7-18)27(34)31-23-5-3-4-13-28-23/h2-10,13-14,17,19H,1,11-12,15-16H2,(H,29,30)(H,28,31,34). The number of pyridine rings is 2. The van der Waals surface area contributed by atoms with Gasteiger partial charge in [0.2, 0.25) is 5.91 Å². The third-order valence-corrected chi connectivity index (χ3v) is 6.39. The molecule has 1 aromatic carbocycles. The number of amides is 2.